The Morgan fingerprint density at radius 1 is 0.619 bits per heavy atom. The first-order valence-electron chi connectivity index (χ1n) is 8.84. The molecule has 21 heavy (non-hydrogen) atoms. The van der Waals surface area contributed by atoms with Crippen LogP contribution in [0.4, 0.5) is 0 Å². The van der Waals surface area contributed by atoms with Crippen LogP contribution in [0.15, 0.2) is 0 Å². The van der Waals surface area contributed by atoms with Gasteiger partial charge in [0.1, 0.15) is 6.17 Å². The van der Waals surface area contributed by atoms with E-state index in [0.29, 0.717) is 0 Å². The normalized spacial score (nSPS) is 12.9. The lowest BCUT2D eigenvalue weighted by atomic mass is 10.4. The number of hydrogen-bond acceptors (Lipinski definition) is 3. The predicted octanol–water partition coefficient (Wildman–Crippen LogP) is 3.62. The SMILES string of the molecule is CCCO[Si](C[N+](CC)(CC)CC)(OCCC)OCCC. The van der Waals surface area contributed by atoms with Crippen molar-refractivity contribution in [2.75, 3.05) is 45.6 Å². The number of nitrogens with zero attached hydrogens (tertiary/aromatic N) is 1. The van der Waals surface area contributed by atoms with Gasteiger partial charge in [0.05, 0.1) is 19.6 Å². The van der Waals surface area contributed by atoms with E-state index in [9.17, 15) is 0 Å². The molecular weight excluding hydrogens is 282 g/mol. The summed E-state index contributed by atoms with van der Waals surface area (Å²) in [6, 6.07) is 0. The monoisotopic (exact) mass is 320 g/mol. The van der Waals surface area contributed by atoms with Crippen LogP contribution in [-0.2, 0) is 13.3 Å². The predicted molar refractivity (Wildman–Crippen MR) is 91.2 cm³/mol. The third-order valence-corrected chi connectivity index (χ3v) is 7.11. The molecule has 5 heteroatoms. The molecule has 0 amide bonds. The zero-order valence-corrected chi connectivity index (χ0v) is 16.2. The van der Waals surface area contributed by atoms with Crippen molar-refractivity contribution in [1.29, 1.82) is 0 Å². The van der Waals surface area contributed by atoms with Gasteiger partial charge in [0.2, 0.25) is 0 Å². The van der Waals surface area contributed by atoms with Crippen LogP contribution >= 0.6 is 0 Å². The molecular formula is C16H38NO3Si+. The lowest BCUT2D eigenvalue weighted by Gasteiger charge is -2.41. The highest BCUT2D eigenvalue weighted by Crippen LogP contribution is 2.19. The van der Waals surface area contributed by atoms with Gasteiger partial charge in [0.15, 0.2) is 0 Å². The lowest BCUT2D eigenvalue weighted by Crippen LogP contribution is -2.63. The Morgan fingerprint density at radius 3 is 1.19 bits per heavy atom. The van der Waals surface area contributed by atoms with Crippen molar-refractivity contribution in [1.82, 2.24) is 0 Å². The van der Waals surface area contributed by atoms with E-state index in [2.05, 4.69) is 41.5 Å². The van der Waals surface area contributed by atoms with E-state index in [1.54, 1.807) is 0 Å². The first-order chi connectivity index (χ1) is 10.1. The molecule has 0 aliphatic carbocycles. The molecule has 0 fully saturated rings. The van der Waals surface area contributed by atoms with Crippen LogP contribution in [0.3, 0.4) is 0 Å². The zero-order chi connectivity index (χ0) is 16.2. The maximum atomic E-state index is 6.22. The summed E-state index contributed by atoms with van der Waals surface area (Å²) in [4.78, 5) is 0. The van der Waals surface area contributed by atoms with Crippen LogP contribution in [0.25, 0.3) is 0 Å². The minimum absolute atomic E-state index is 0.733. The Morgan fingerprint density at radius 2 is 0.952 bits per heavy atom. The topological polar surface area (TPSA) is 27.7 Å². The highest BCUT2D eigenvalue weighted by atomic mass is 28.4. The molecule has 0 aromatic rings. The molecule has 0 rings (SSSR count). The molecule has 0 N–H and O–H groups in total. The average Bonchev–Trinajstić information content (AvgIpc) is 2.54. The molecule has 0 aromatic carbocycles. The van der Waals surface area contributed by atoms with Crippen molar-refractivity contribution >= 4 is 8.80 Å². The largest absolute Gasteiger partial charge is 0.559 e. The third-order valence-electron chi connectivity index (χ3n) is 4.12. The Labute approximate surface area is 133 Å². The zero-order valence-electron chi connectivity index (χ0n) is 15.2. The van der Waals surface area contributed by atoms with Crippen molar-refractivity contribution in [3.8, 4) is 0 Å². The number of rotatable bonds is 14. The molecule has 0 bridgehead atoms. The molecule has 4 nitrogen and oxygen atoms in total. The maximum Gasteiger partial charge on any atom is 0.559 e. The Hall–Kier alpha value is 0.0569. The summed E-state index contributed by atoms with van der Waals surface area (Å²) in [6.07, 6.45) is 3.91. The first-order valence-corrected chi connectivity index (χ1v) is 10.8. The van der Waals surface area contributed by atoms with Crippen LogP contribution < -0.4 is 0 Å². The molecule has 0 aromatic heterocycles. The summed E-state index contributed by atoms with van der Waals surface area (Å²) in [7, 11) is -2.58. The molecule has 0 aliphatic heterocycles. The number of quaternary nitrogens is 1. The van der Waals surface area contributed by atoms with E-state index in [1.165, 1.54) is 0 Å². The summed E-state index contributed by atoms with van der Waals surface area (Å²) in [5, 5.41) is 0. The van der Waals surface area contributed by atoms with E-state index < -0.39 is 8.80 Å². The lowest BCUT2D eigenvalue weighted by molar-refractivity contribution is -0.916. The van der Waals surface area contributed by atoms with Gasteiger partial charge in [-0.2, -0.15) is 0 Å². The van der Waals surface area contributed by atoms with Crippen LogP contribution in [0.1, 0.15) is 60.8 Å². The fourth-order valence-electron chi connectivity index (χ4n) is 2.45. The summed E-state index contributed by atoms with van der Waals surface area (Å²) in [6.45, 7) is 18.7. The van der Waals surface area contributed by atoms with Crippen LogP contribution in [0, 0.1) is 0 Å². The minimum Gasteiger partial charge on any atom is -0.370 e. The van der Waals surface area contributed by atoms with Crippen molar-refractivity contribution in [2.24, 2.45) is 0 Å². The minimum atomic E-state index is -2.58. The van der Waals surface area contributed by atoms with Gasteiger partial charge in [-0.1, -0.05) is 20.8 Å². The highest BCUT2D eigenvalue weighted by Gasteiger charge is 2.49. The Bertz CT molecular complexity index is 218. The van der Waals surface area contributed by atoms with Crippen LogP contribution in [0.2, 0.25) is 0 Å². The molecule has 0 atom stereocenters. The second kappa shape index (κ2) is 11.6. The summed E-state index contributed by atoms with van der Waals surface area (Å²) in [5.41, 5.74) is 0. The Kier molecular flexibility index (Phi) is 11.6. The van der Waals surface area contributed by atoms with E-state index in [0.717, 1.165) is 69.4 Å². The summed E-state index contributed by atoms with van der Waals surface area (Å²) < 4.78 is 19.7. The third kappa shape index (κ3) is 7.24. The van der Waals surface area contributed by atoms with Crippen LogP contribution in [-0.4, -0.2) is 58.9 Å². The first kappa shape index (κ1) is 21.1. The van der Waals surface area contributed by atoms with E-state index in [4.69, 9.17) is 13.3 Å². The molecule has 0 heterocycles. The van der Waals surface area contributed by atoms with E-state index in [-0.39, 0.29) is 0 Å². The smallest absolute Gasteiger partial charge is 0.370 e. The fraction of sp³-hybridized carbons (Fsp3) is 1.00. The van der Waals surface area contributed by atoms with Gasteiger partial charge in [-0.25, -0.2) is 0 Å². The molecule has 128 valence electrons. The van der Waals surface area contributed by atoms with Gasteiger partial charge >= 0.3 is 8.80 Å². The van der Waals surface area contributed by atoms with Gasteiger partial charge < -0.3 is 17.8 Å². The second-order valence-electron chi connectivity index (χ2n) is 5.68. The maximum absolute atomic E-state index is 6.22. The molecule has 0 saturated heterocycles. The van der Waals surface area contributed by atoms with Crippen molar-refractivity contribution in [3.05, 3.63) is 0 Å². The van der Waals surface area contributed by atoms with Gasteiger partial charge in [0, 0.05) is 19.8 Å². The quantitative estimate of drug-likeness (QED) is 0.361. The summed E-state index contributed by atoms with van der Waals surface area (Å²) >= 11 is 0. The van der Waals surface area contributed by atoms with Gasteiger partial charge in [-0.05, 0) is 40.0 Å². The fourth-order valence-corrected chi connectivity index (χ4v) is 6.01. The molecule has 0 unspecified atom stereocenters. The summed E-state index contributed by atoms with van der Waals surface area (Å²) in [5.74, 6) is 0. The van der Waals surface area contributed by atoms with Crippen molar-refractivity contribution < 1.29 is 17.8 Å². The molecule has 0 radical (unpaired) electrons. The second-order valence-corrected chi connectivity index (χ2v) is 8.23. The highest BCUT2D eigenvalue weighted by molar-refractivity contribution is 6.60. The molecule has 0 spiro atoms. The number of hydrogen-bond donors (Lipinski definition) is 0. The average molecular weight is 321 g/mol. The van der Waals surface area contributed by atoms with Crippen molar-refractivity contribution in [3.63, 3.8) is 0 Å². The Balaban J connectivity index is 5.17. The molecule has 0 saturated carbocycles. The van der Waals surface area contributed by atoms with Gasteiger partial charge in [-0.3, -0.25) is 0 Å². The van der Waals surface area contributed by atoms with E-state index >= 15 is 0 Å². The van der Waals surface area contributed by atoms with Crippen molar-refractivity contribution in [2.45, 2.75) is 60.8 Å². The molecule has 0 aliphatic rings. The van der Waals surface area contributed by atoms with Gasteiger partial charge in [0.25, 0.3) is 0 Å². The van der Waals surface area contributed by atoms with Gasteiger partial charge in [-0.15, -0.1) is 0 Å². The van der Waals surface area contributed by atoms with E-state index in [1.807, 2.05) is 0 Å². The standard InChI is InChI=1S/C16H38NO3Si/c1-7-13-18-21(19-14-8-2,20-15-9-3)16-17(10-4,11-5)12-6/h7-16H2,1-6H3/q+1. The van der Waals surface area contributed by atoms with Crippen LogP contribution in [0.5, 0.6) is 0 Å².